The standard InChI is InChI=1S/C19H18N2O2/c1-12(2)13-7-9-14(10-8-13)20-18-11-16(19(22)23)15-5-3-4-6-17(15)21-18/h3-12H,1-2H3,(H,20,21)(H,22,23). The fourth-order valence-corrected chi connectivity index (χ4v) is 2.52. The number of aromatic nitrogens is 1. The van der Waals surface area contributed by atoms with Crippen LogP contribution in [0.2, 0.25) is 0 Å². The Bertz CT molecular complexity index is 855. The summed E-state index contributed by atoms with van der Waals surface area (Å²) in [6.45, 7) is 4.29. The number of nitrogens with zero attached hydrogens (tertiary/aromatic N) is 1. The van der Waals surface area contributed by atoms with E-state index in [4.69, 9.17) is 0 Å². The first-order valence-electron chi connectivity index (χ1n) is 7.54. The maximum atomic E-state index is 11.5. The van der Waals surface area contributed by atoms with Crippen molar-refractivity contribution in [1.29, 1.82) is 0 Å². The van der Waals surface area contributed by atoms with Crippen molar-refractivity contribution in [2.24, 2.45) is 0 Å². The number of pyridine rings is 1. The van der Waals surface area contributed by atoms with E-state index >= 15 is 0 Å². The van der Waals surface area contributed by atoms with Gasteiger partial charge in [0.25, 0.3) is 0 Å². The molecule has 3 rings (SSSR count). The molecule has 0 radical (unpaired) electrons. The van der Waals surface area contributed by atoms with Crippen molar-refractivity contribution in [2.75, 3.05) is 5.32 Å². The Labute approximate surface area is 134 Å². The molecule has 0 aliphatic carbocycles. The Kier molecular flexibility index (Phi) is 3.98. The molecule has 0 bridgehead atoms. The zero-order valence-electron chi connectivity index (χ0n) is 13.1. The summed E-state index contributed by atoms with van der Waals surface area (Å²) in [7, 11) is 0. The SMILES string of the molecule is CC(C)c1ccc(Nc2cc(C(=O)O)c3ccccc3n2)cc1. The third kappa shape index (κ3) is 3.16. The van der Waals surface area contributed by atoms with E-state index in [0.717, 1.165) is 5.69 Å². The summed E-state index contributed by atoms with van der Waals surface area (Å²) in [5, 5.41) is 13.2. The molecule has 0 saturated heterocycles. The van der Waals surface area contributed by atoms with Crippen LogP contribution in [0.15, 0.2) is 54.6 Å². The number of hydrogen-bond acceptors (Lipinski definition) is 3. The molecule has 4 heteroatoms. The first kappa shape index (κ1) is 15.0. The lowest BCUT2D eigenvalue weighted by Gasteiger charge is -2.11. The molecule has 1 heterocycles. The zero-order valence-corrected chi connectivity index (χ0v) is 13.1. The largest absolute Gasteiger partial charge is 0.478 e. The number of anilines is 2. The molecule has 0 spiro atoms. The average molecular weight is 306 g/mol. The van der Waals surface area contributed by atoms with E-state index in [1.807, 2.05) is 30.3 Å². The van der Waals surface area contributed by atoms with Crippen molar-refractivity contribution in [3.05, 3.63) is 65.7 Å². The van der Waals surface area contributed by atoms with Gasteiger partial charge in [-0.3, -0.25) is 0 Å². The van der Waals surface area contributed by atoms with Crippen molar-refractivity contribution in [3.63, 3.8) is 0 Å². The smallest absolute Gasteiger partial charge is 0.336 e. The normalized spacial score (nSPS) is 10.9. The Balaban J connectivity index is 1.98. The quantitative estimate of drug-likeness (QED) is 0.726. The predicted molar refractivity (Wildman–Crippen MR) is 92.5 cm³/mol. The lowest BCUT2D eigenvalue weighted by Crippen LogP contribution is -2.02. The number of aromatic carboxylic acids is 1. The van der Waals surface area contributed by atoms with Crippen LogP contribution in [0.25, 0.3) is 10.9 Å². The fraction of sp³-hybridized carbons (Fsp3) is 0.158. The van der Waals surface area contributed by atoms with Crippen LogP contribution in [0, 0.1) is 0 Å². The third-order valence-electron chi connectivity index (χ3n) is 3.80. The second-order valence-corrected chi connectivity index (χ2v) is 5.78. The molecule has 2 aromatic carbocycles. The summed E-state index contributed by atoms with van der Waals surface area (Å²) < 4.78 is 0. The van der Waals surface area contributed by atoms with Gasteiger partial charge in [0.1, 0.15) is 5.82 Å². The van der Waals surface area contributed by atoms with Crippen LogP contribution in [-0.4, -0.2) is 16.1 Å². The van der Waals surface area contributed by atoms with Gasteiger partial charge in [-0.2, -0.15) is 0 Å². The van der Waals surface area contributed by atoms with E-state index in [2.05, 4.69) is 36.3 Å². The highest BCUT2D eigenvalue weighted by molar-refractivity contribution is 6.03. The fourth-order valence-electron chi connectivity index (χ4n) is 2.52. The van der Waals surface area contributed by atoms with E-state index in [9.17, 15) is 9.90 Å². The van der Waals surface area contributed by atoms with Gasteiger partial charge in [-0.25, -0.2) is 9.78 Å². The Morgan fingerprint density at radius 3 is 2.43 bits per heavy atom. The first-order valence-corrected chi connectivity index (χ1v) is 7.54. The van der Waals surface area contributed by atoms with Crippen molar-refractivity contribution in [1.82, 2.24) is 4.98 Å². The number of carboxylic acids is 1. The van der Waals surface area contributed by atoms with Crippen molar-refractivity contribution in [2.45, 2.75) is 19.8 Å². The summed E-state index contributed by atoms with van der Waals surface area (Å²) in [5.41, 5.74) is 3.05. The van der Waals surface area contributed by atoms with Crippen molar-refractivity contribution < 1.29 is 9.90 Å². The third-order valence-corrected chi connectivity index (χ3v) is 3.80. The lowest BCUT2D eigenvalue weighted by atomic mass is 10.0. The summed E-state index contributed by atoms with van der Waals surface area (Å²) in [6.07, 6.45) is 0. The van der Waals surface area contributed by atoms with Gasteiger partial charge in [-0.15, -0.1) is 0 Å². The molecule has 0 atom stereocenters. The first-order chi connectivity index (χ1) is 11.0. The Morgan fingerprint density at radius 1 is 1.09 bits per heavy atom. The molecule has 0 fully saturated rings. The monoisotopic (exact) mass is 306 g/mol. The van der Waals surface area contributed by atoms with Crippen LogP contribution in [0.4, 0.5) is 11.5 Å². The highest BCUT2D eigenvalue weighted by Crippen LogP contribution is 2.24. The highest BCUT2D eigenvalue weighted by Gasteiger charge is 2.11. The van der Waals surface area contributed by atoms with Gasteiger partial charge in [0.05, 0.1) is 11.1 Å². The minimum absolute atomic E-state index is 0.247. The van der Waals surface area contributed by atoms with E-state index in [1.165, 1.54) is 5.56 Å². The Hall–Kier alpha value is -2.88. The number of para-hydroxylation sites is 1. The Morgan fingerprint density at radius 2 is 1.78 bits per heavy atom. The van der Waals surface area contributed by atoms with E-state index in [1.54, 1.807) is 12.1 Å². The number of rotatable bonds is 4. The molecular formula is C19H18N2O2. The summed E-state index contributed by atoms with van der Waals surface area (Å²) >= 11 is 0. The molecule has 0 amide bonds. The molecule has 0 saturated carbocycles. The van der Waals surface area contributed by atoms with Gasteiger partial charge in [-0.05, 0) is 35.7 Å². The van der Waals surface area contributed by atoms with E-state index in [0.29, 0.717) is 22.6 Å². The molecule has 0 aliphatic heterocycles. The number of benzene rings is 2. The van der Waals surface area contributed by atoms with Gasteiger partial charge in [0.2, 0.25) is 0 Å². The van der Waals surface area contributed by atoms with Gasteiger partial charge in [0.15, 0.2) is 0 Å². The van der Waals surface area contributed by atoms with Crippen LogP contribution >= 0.6 is 0 Å². The van der Waals surface area contributed by atoms with Crippen molar-refractivity contribution >= 4 is 28.4 Å². The number of carboxylic acid groups (broad SMARTS) is 1. The summed E-state index contributed by atoms with van der Waals surface area (Å²) in [4.78, 5) is 16.0. The van der Waals surface area contributed by atoms with Crippen LogP contribution in [0.3, 0.4) is 0 Å². The van der Waals surface area contributed by atoms with Gasteiger partial charge >= 0.3 is 5.97 Å². The molecule has 2 N–H and O–H groups in total. The molecule has 3 aromatic rings. The van der Waals surface area contributed by atoms with Crippen LogP contribution in [0.1, 0.15) is 35.7 Å². The average Bonchev–Trinajstić information content (AvgIpc) is 2.54. The van der Waals surface area contributed by atoms with Crippen LogP contribution in [-0.2, 0) is 0 Å². The second-order valence-electron chi connectivity index (χ2n) is 5.78. The molecule has 116 valence electrons. The van der Waals surface area contributed by atoms with Crippen molar-refractivity contribution in [3.8, 4) is 0 Å². The molecule has 4 nitrogen and oxygen atoms in total. The van der Waals surface area contributed by atoms with Gasteiger partial charge in [0, 0.05) is 11.1 Å². The summed E-state index contributed by atoms with van der Waals surface area (Å²) in [6, 6.07) is 16.9. The van der Waals surface area contributed by atoms with Crippen LogP contribution < -0.4 is 5.32 Å². The molecular weight excluding hydrogens is 288 g/mol. The molecule has 1 aromatic heterocycles. The highest BCUT2D eigenvalue weighted by atomic mass is 16.4. The van der Waals surface area contributed by atoms with Crippen LogP contribution in [0.5, 0.6) is 0 Å². The number of fused-ring (bicyclic) bond motifs is 1. The van der Waals surface area contributed by atoms with E-state index < -0.39 is 5.97 Å². The number of carbonyl (C=O) groups is 1. The molecule has 0 unspecified atom stereocenters. The second kappa shape index (κ2) is 6.08. The molecule has 0 aliphatic rings. The minimum atomic E-state index is -0.957. The minimum Gasteiger partial charge on any atom is -0.478 e. The summed E-state index contributed by atoms with van der Waals surface area (Å²) in [5.74, 6) is 0.0432. The maximum Gasteiger partial charge on any atom is 0.336 e. The molecule has 23 heavy (non-hydrogen) atoms. The van der Waals surface area contributed by atoms with E-state index in [-0.39, 0.29) is 5.56 Å². The number of hydrogen-bond donors (Lipinski definition) is 2. The zero-order chi connectivity index (χ0) is 16.4. The van der Waals surface area contributed by atoms with Gasteiger partial charge in [-0.1, -0.05) is 44.2 Å². The van der Waals surface area contributed by atoms with Gasteiger partial charge < -0.3 is 10.4 Å². The topological polar surface area (TPSA) is 62.2 Å². The lowest BCUT2D eigenvalue weighted by molar-refractivity contribution is 0.0699. The maximum absolute atomic E-state index is 11.5. The predicted octanol–water partition coefficient (Wildman–Crippen LogP) is 4.80. The number of nitrogens with one attached hydrogen (secondary N) is 1.